The van der Waals surface area contributed by atoms with Crippen molar-refractivity contribution in [1.82, 2.24) is 0 Å². The molecule has 0 aliphatic heterocycles. The van der Waals surface area contributed by atoms with Crippen LogP contribution in [0.3, 0.4) is 0 Å². The van der Waals surface area contributed by atoms with Crippen LogP contribution in [-0.4, -0.2) is 27.9 Å². The number of hydrogen-bond acceptors (Lipinski definition) is 4. The van der Waals surface area contributed by atoms with E-state index in [4.69, 9.17) is 4.74 Å². The summed E-state index contributed by atoms with van der Waals surface area (Å²) in [6, 6.07) is 0. The lowest BCUT2D eigenvalue weighted by Crippen LogP contribution is -2.69. The molecule has 6 heteroatoms. The van der Waals surface area contributed by atoms with E-state index in [0.29, 0.717) is 18.3 Å². The first-order valence-corrected chi connectivity index (χ1v) is 15.8. The molecule has 9 atom stereocenters. The highest BCUT2D eigenvalue weighted by atomic mass is 79.9. The van der Waals surface area contributed by atoms with Gasteiger partial charge in [-0.1, -0.05) is 85.9 Å². The molecule has 4 saturated carbocycles. The van der Waals surface area contributed by atoms with Crippen molar-refractivity contribution in [3.63, 3.8) is 0 Å². The van der Waals surface area contributed by atoms with E-state index < -0.39 is 14.1 Å². The Morgan fingerprint density at radius 2 is 1.62 bits per heavy atom. The summed E-state index contributed by atoms with van der Waals surface area (Å²) in [5, 5.41) is 0. The lowest BCUT2D eigenvalue weighted by molar-refractivity contribution is -0.193. The summed E-state index contributed by atoms with van der Waals surface area (Å²) < 4.78 is 4.63. The van der Waals surface area contributed by atoms with E-state index in [1.807, 2.05) is 6.08 Å². The molecule has 0 heterocycles. The fourth-order valence-corrected chi connectivity index (χ4v) is 13.1. The first-order valence-electron chi connectivity index (χ1n) is 14.2. The van der Waals surface area contributed by atoms with Crippen molar-refractivity contribution in [3.05, 3.63) is 11.6 Å². The number of carbonyl (C=O) groups excluding carboxylic acids is 3. The van der Waals surface area contributed by atoms with Gasteiger partial charge in [0.1, 0.15) is 3.23 Å². The first-order chi connectivity index (χ1) is 16.9. The summed E-state index contributed by atoms with van der Waals surface area (Å²) in [5.74, 6) is 1.10. The van der Waals surface area contributed by atoms with Gasteiger partial charge in [0.05, 0.1) is 12.5 Å². The quantitative estimate of drug-likeness (QED) is 0.218. The Morgan fingerprint density at radius 3 is 2.24 bits per heavy atom. The minimum atomic E-state index is -0.821. The van der Waals surface area contributed by atoms with Crippen LogP contribution in [0, 0.1) is 56.7 Å². The first kappa shape index (κ1) is 28.1. The van der Waals surface area contributed by atoms with Crippen molar-refractivity contribution >= 4 is 49.4 Å². The molecule has 0 saturated heterocycles. The highest BCUT2D eigenvalue weighted by Crippen LogP contribution is 2.76. The topological polar surface area (TPSA) is 60.4 Å². The number of alkyl halides is 2. The average Bonchev–Trinajstić information content (AvgIpc) is 2.80. The Bertz CT molecular complexity index is 1090. The third kappa shape index (κ3) is 3.33. The SMILES string of the molecule is COC(=O)[C@]12CC[C@@H](C)[C@H](C)[C@H]1C1=CC(=O)[C@@H]3[C@@]4(C)CC(Br)(Br)C(=O)C(C)(C)[C@@H]4CC[C@@]3(C)[C@]1(C)CC2. The second-order valence-corrected chi connectivity index (χ2v) is 18.5. The molecule has 4 nitrogen and oxygen atoms in total. The van der Waals surface area contributed by atoms with Gasteiger partial charge < -0.3 is 4.74 Å². The maximum atomic E-state index is 14.5. The van der Waals surface area contributed by atoms with Crippen LogP contribution >= 0.6 is 31.9 Å². The fourth-order valence-electron chi connectivity index (χ4n) is 10.9. The van der Waals surface area contributed by atoms with Gasteiger partial charge in [0.25, 0.3) is 0 Å². The van der Waals surface area contributed by atoms with Crippen molar-refractivity contribution in [2.75, 3.05) is 7.11 Å². The van der Waals surface area contributed by atoms with Crippen molar-refractivity contribution < 1.29 is 19.1 Å². The van der Waals surface area contributed by atoms with E-state index in [9.17, 15) is 14.4 Å². The molecule has 5 aliphatic carbocycles. The van der Waals surface area contributed by atoms with Crippen molar-refractivity contribution in [2.24, 2.45) is 56.7 Å². The maximum absolute atomic E-state index is 14.5. The summed E-state index contributed by atoms with van der Waals surface area (Å²) in [7, 11) is 1.52. The second kappa shape index (κ2) is 8.27. The minimum Gasteiger partial charge on any atom is -0.469 e. The number of ketones is 2. The number of ether oxygens (including phenoxy) is 1. The third-order valence-corrected chi connectivity index (χ3v) is 14.3. The van der Waals surface area contributed by atoms with Crippen molar-refractivity contribution in [3.8, 4) is 0 Å². The highest BCUT2D eigenvalue weighted by molar-refractivity contribution is 9.25. The summed E-state index contributed by atoms with van der Waals surface area (Å²) in [5.41, 5.74) is -0.608. The number of halogens is 2. The Morgan fingerprint density at radius 1 is 0.973 bits per heavy atom. The van der Waals surface area contributed by atoms with Gasteiger partial charge in [0, 0.05) is 11.3 Å². The molecule has 0 bridgehead atoms. The van der Waals surface area contributed by atoms with E-state index in [0.717, 1.165) is 38.5 Å². The molecule has 5 aliphatic rings. The molecule has 4 fully saturated rings. The van der Waals surface area contributed by atoms with Crippen LogP contribution in [0.25, 0.3) is 0 Å². The van der Waals surface area contributed by atoms with E-state index in [2.05, 4.69) is 80.3 Å². The van der Waals surface area contributed by atoms with Crippen LogP contribution in [0.4, 0.5) is 0 Å². The zero-order chi connectivity index (χ0) is 27.6. The van der Waals surface area contributed by atoms with Gasteiger partial charge in [-0.2, -0.15) is 0 Å². The van der Waals surface area contributed by atoms with E-state index >= 15 is 0 Å². The van der Waals surface area contributed by atoms with E-state index in [1.54, 1.807) is 0 Å². The molecule has 0 aromatic heterocycles. The smallest absolute Gasteiger partial charge is 0.312 e. The summed E-state index contributed by atoms with van der Waals surface area (Å²) in [6.07, 6.45) is 8.01. The monoisotopic (exact) mass is 638 g/mol. The standard InChI is InChI=1S/C31H44Br2O4/c1-17-9-12-30(25(36)37-8)14-13-28(6)19(22(30)18(17)2)15-20(34)23-27(5)16-31(32,33)24(35)26(3,4)21(27)10-11-29(23,28)7/h15,17-18,21-23H,9-14,16H2,1-8H3/t17-,18+,21+,22+,23-,27+,28-,29-,30+/m1/s1. The van der Waals surface area contributed by atoms with Gasteiger partial charge >= 0.3 is 5.97 Å². The number of methoxy groups -OCH3 is 1. The molecule has 0 radical (unpaired) electrons. The van der Waals surface area contributed by atoms with Crippen molar-refractivity contribution in [1.29, 1.82) is 0 Å². The van der Waals surface area contributed by atoms with Gasteiger partial charge in [0.2, 0.25) is 0 Å². The number of carbonyl (C=O) groups is 3. The molecule has 0 N–H and O–H groups in total. The molecular formula is C31H44Br2O4. The predicted molar refractivity (Wildman–Crippen MR) is 152 cm³/mol. The zero-order valence-corrected chi connectivity index (χ0v) is 27.0. The highest BCUT2D eigenvalue weighted by Gasteiger charge is 2.73. The number of fused-ring (bicyclic) bond motifs is 7. The van der Waals surface area contributed by atoms with Crippen LogP contribution < -0.4 is 0 Å². The lowest BCUT2D eigenvalue weighted by Gasteiger charge is -2.70. The molecule has 0 unspecified atom stereocenters. The maximum Gasteiger partial charge on any atom is 0.312 e. The zero-order valence-electron chi connectivity index (χ0n) is 23.8. The Kier molecular flexibility index (Phi) is 6.27. The Balaban J connectivity index is 1.69. The molecule has 0 aromatic carbocycles. The number of Topliss-reactive ketones (excluding diaryl/α,β-unsaturated/α-hetero) is 1. The predicted octanol–water partition coefficient (Wildman–Crippen LogP) is 7.66. The van der Waals surface area contributed by atoms with Crippen molar-refractivity contribution in [2.45, 2.75) is 96.6 Å². The van der Waals surface area contributed by atoms with Gasteiger partial charge in [0.15, 0.2) is 11.6 Å². The Labute approximate surface area is 239 Å². The van der Waals surface area contributed by atoms with Gasteiger partial charge in [-0.25, -0.2) is 0 Å². The van der Waals surface area contributed by atoms with Crippen LogP contribution in [-0.2, 0) is 19.1 Å². The van der Waals surface area contributed by atoms with Gasteiger partial charge in [-0.15, -0.1) is 0 Å². The fraction of sp³-hybridized carbons (Fsp3) is 0.839. The molecular weight excluding hydrogens is 596 g/mol. The molecule has 5 rings (SSSR count). The average molecular weight is 640 g/mol. The molecule has 0 spiro atoms. The van der Waals surface area contributed by atoms with E-state index in [1.165, 1.54) is 12.7 Å². The van der Waals surface area contributed by atoms with Crippen LogP contribution in [0.1, 0.15) is 93.4 Å². The molecule has 0 amide bonds. The lowest BCUT2D eigenvalue weighted by atomic mass is 9.33. The Hall–Kier alpha value is -0.490. The summed E-state index contributed by atoms with van der Waals surface area (Å²) in [6.45, 7) is 15.8. The number of hydrogen-bond donors (Lipinski definition) is 0. The minimum absolute atomic E-state index is 0.0329. The summed E-state index contributed by atoms with van der Waals surface area (Å²) in [4.78, 5) is 41.4. The summed E-state index contributed by atoms with van der Waals surface area (Å²) >= 11 is 7.49. The molecule has 37 heavy (non-hydrogen) atoms. The van der Waals surface area contributed by atoms with Gasteiger partial charge in [-0.3, -0.25) is 14.4 Å². The van der Waals surface area contributed by atoms with Crippen LogP contribution in [0.15, 0.2) is 11.6 Å². The number of allylic oxidation sites excluding steroid dienone is 2. The number of esters is 1. The third-order valence-electron chi connectivity index (χ3n) is 13.0. The van der Waals surface area contributed by atoms with E-state index in [-0.39, 0.29) is 51.5 Å². The number of rotatable bonds is 1. The van der Waals surface area contributed by atoms with Crippen LogP contribution in [0.2, 0.25) is 0 Å². The van der Waals surface area contributed by atoms with Gasteiger partial charge in [-0.05, 0) is 90.9 Å². The van der Waals surface area contributed by atoms with Crippen LogP contribution in [0.5, 0.6) is 0 Å². The second-order valence-electron chi connectivity index (χ2n) is 14.7. The molecule has 206 valence electrons. The molecule has 0 aromatic rings. The normalized spacial score (nSPS) is 50.1. The largest absolute Gasteiger partial charge is 0.469 e.